The van der Waals surface area contributed by atoms with Crippen LogP contribution in [0.1, 0.15) is 43.5 Å². The zero-order valence-corrected chi connectivity index (χ0v) is 13.1. The Morgan fingerprint density at radius 3 is 1.59 bits per heavy atom. The Morgan fingerprint density at radius 1 is 0.818 bits per heavy atom. The van der Waals surface area contributed by atoms with E-state index in [4.69, 9.17) is 0 Å². The largest absolute Gasteiger partial charge is 0.245 e. The fourth-order valence-electron chi connectivity index (χ4n) is 3.90. The van der Waals surface area contributed by atoms with Crippen LogP contribution >= 0.6 is 0 Å². The monoisotopic (exact) mass is 294 g/mol. The summed E-state index contributed by atoms with van der Waals surface area (Å²) in [6, 6.07) is 20.6. The molecule has 2 aromatic carbocycles. The third kappa shape index (κ3) is 2.63. The number of hydrogen-bond acceptors (Lipinski definition) is 2. The molecule has 0 aliphatic carbocycles. The Bertz CT molecular complexity index is 562. The molecule has 0 unspecified atom stereocenters. The third-order valence-electron chi connectivity index (χ3n) is 4.77. The first-order valence-electron chi connectivity index (χ1n) is 7.94. The summed E-state index contributed by atoms with van der Waals surface area (Å²) in [6.45, 7) is 4.43. The summed E-state index contributed by atoms with van der Waals surface area (Å²) < 4.78 is 0. The normalized spacial score (nSPS) is 28.4. The number of piperidine rings is 1. The van der Waals surface area contributed by atoms with Crippen molar-refractivity contribution in [2.75, 3.05) is 0 Å². The van der Waals surface area contributed by atoms with Gasteiger partial charge in [-0.15, -0.1) is 4.91 Å². The fraction of sp³-hybridized carbons (Fsp3) is 0.368. The smallest absolute Gasteiger partial charge is 0.0784 e. The maximum absolute atomic E-state index is 11.7. The van der Waals surface area contributed by atoms with Gasteiger partial charge in [-0.2, -0.15) is 0 Å². The van der Waals surface area contributed by atoms with E-state index in [2.05, 4.69) is 43.4 Å². The maximum Gasteiger partial charge on any atom is 0.0784 e. The van der Waals surface area contributed by atoms with Crippen LogP contribution in [-0.4, -0.2) is 5.01 Å². The SMILES string of the molecule is C[C@H]1C[C@H](C)[C@H](c2ccccc2)N(N=O)[C@@H]1c1ccccc1. The summed E-state index contributed by atoms with van der Waals surface area (Å²) in [7, 11) is 0. The summed E-state index contributed by atoms with van der Waals surface area (Å²) in [6.07, 6.45) is 1.09. The van der Waals surface area contributed by atoms with Gasteiger partial charge in [-0.05, 0) is 29.4 Å². The summed E-state index contributed by atoms with van der Waals surface area (Å²) in [5.41, 5.74) is 2.34. The number of rotatable bonds is 3. The van der Waals surface area contributed by atoms with Crippen LogP contribution in [0.5, 0.6) is 0 Å². The number of benzene rings is 2. The highest BCUT2D eigenvalue weighted by Crippen LogP contribution is 2.47. The van der Waals surface area contributed by atoms with Crippen LogP contribution in [0.2, 0.25) is 0 Å². The van der Waals surface area contributed by atoms with Crippen molar-refractivity contribution in [1.29, 1.82) is 0 Å². The van der Waals surface area contributed by atoms with Crippen LogP contribution in [0.25, 0.3) is 0 Å². The topological polar surface area (TPSA) is 32.7 Å². The van der Waals surface area contributed by atoms with E-state index < -0.39 is 0 Å². The molecule has 0 amide bonds. The highest BCUT2D eigenvalue weighted by atomic mass is 16.3. The predicted molar refractivity (Wildman–Crippen MR) is 88.9 cm³/mol. The van der Waals surface area contributed by atoms with E-state index >= 15 is 0 Å². The average molecular weight is 294 g/mol. The van der Waals surface area contributed by atoms with Crippen molar-refractivity contribution in [3.05, 3.63) is 76.7 Å². The molecule has 1 heterocycles. The molecule has 4 atom stereocenters. The first-order chi connectivity index (χ1) is 10.7. The van der Waals surface area contributed by atoms with E-state index in [-0.39, 0.29) is 12.1 Å². The molecule has 3 heteroatoms. The van der Waals surface area contributed by atoms with E-state index in [1.807, 2.05) is 36.4 Å². The van der Waals surface area contributed by atoms with Crippen LogP contribution in [0.3, 0.4) is 0 Å². The number of nitroso groups, excluding NO2 is 1. The molecule has 0 N–H and O–H groups in total. The maximum atomic E-state index is 11.7. The zero-order chi connectivity index (χ0) is 15.5. The van der Waals surface area contributed by atoms with Gasteiger partial charge in [0.05, 0.1) is 17.4 Å². The molecule has 0 aromatic heterocycles. The molecular weight excluding hydrogens is 272 g/mol. The lowest BCUT2D eigenvalue weighted by atomic mass is 9.76. The fourth-order valence-corrected chi connectivity index (χ4v) is 3.90. The molecule has 0 spiro atoms. The summed E-state index contributed by atoms with van der Waals surface area (Å²) >= 11 is 0. The molecule has 0 saturated carbocycles. The van der Waals surface area contributed by atoms with Gasteiger partial charge >= 0.3 is 0 Å². The Morgan fingerprint density at radius 2 is 1.23 bits per heavy atom. The molecule has 0 bridgehead atoms. The standard InChI is InChI=1S/C19H22N2O/c1-14-13-15(2)19(17-11-7-4-8-12-17)21(20-22)18(14)16-9-5-3-6-10-16/h3-12,14-15,18-19H,13H2,1-2H3/t14-,15-,18-,19+/m0/s1. The van der Waals surface area contributed by atoms with Crippen molar-refractivity contribution < 1.29 is 0 Å². The number of nitrogens with zero attached hydrogens (tertiary/aromatic N) is 2. The molecule has 22 heavy (non-hydrogen) atoms. The van der Waals surface area contributed by atoms with Crippen molar-refractivity contribution >= 4 is 0 Å². The minimum Gasteiger partial charge on any atom is -0.245 e. The zero-order valence-electron chi connectivity index (χ0n) is 13.1. The van der Waals surface area contributed by atoms with Crippen LogP contribution in [-0.2, 0) is 0 Å². The summed E-state index contributed by atoms with van der Waals surface area (Å²) in [4.78, 5) is 11.7. The quantitative estimate of drug-likeness (QED) is 0.735. The Balaban J connectivity index is 2.02. The second-order valence-electron chi connectivity index (χ2n) is 6.36. The molecule has 0 radical (unpaired) electrons. The lowest BCUT2D eigenvalue weighted by Gasteiger charge is -2.45. The van der Waals surface area contributed by atoms with E-state index in [0.717, 1.165) is 6.42 Å². The highest BCUT2D eigenvalue weighted by molar-refractivity contribution is 5.25. The van der Waals surface area contributed by atoms with Gasteiger partial charge in [0.15, 0.2) is 0 Å². The molecule has 1 aliphatic heterocycles. The van der Waals surface area contributed by atoms with Crippen LogP contribution in [0.4, 0.5) is 0 Å². The van der Waals surface area contributed by atoms with E-state index in [1.54, 1.807) is 5.01 Å². The third-order valence-corrected chi connectivity index (χ3v) is 4.77. The Labute approximate surface area is 131 Å². The van der Waals surface area contributed by atoms with Gasteiger partial charge in [0.2, 0.25) is 0 Å². The first kappa shape index (κ1) is 14.8. The molecule has 3 rings (SSSR count). The van der Waals surface area contributed by atoms with Crippen molar-refractivity contribution in [3.8, 4) is 0 Å². The van der Waals surface area contributed by atoms with Gasteiger partial charge in [0.25, 0.3) is 0 Å². The van der Waals surface area contributed by atoms with Gasteiger partial charge in [0, 0.05) is 0 Å². The van der Waals surface area contributed by atoms with Crippen LogP contribution in [0, 0.1) is 16.7 Å². The van der Waals surface area contributed by atoms with E-state index in [1.165, 1.54) is 11.1 Å². The molecular formula is C19H22N2O. The molecule has 1 fully saturated rings. The Kier molecular flexibility index (Phi) is 4.23. The lowest BCUT2D eigenvalue weighted by Crippen LogP contribution is -2.40. The van der Waals surface area contributed by atoms with E-state index in [9.17, 15) is 4.91 Å². The van der Waals surface area contributed by atoms with Gasteiger partial charge < -0.3 is 0 Å². The van der Waals surface area contributed by atoms with Crippen molar-refractivity contribution in [2.24, 2.45) is 17.1 Å². The summed E-state index contributed by atoms with van der Waals surface area (Å²) in [5, 5.41) is 5.23. The minimum atomic E-state index is 0.0418. The Hall–Kier alpha value is -2.16. The molecule has 1 saturated heterocycles. The van der Waals surface area contributed by atoms with Gasteiger partial charge in [0.1, 0.15) is 0 Å². The first-order valence-corrected chi connectivity index (χ1v) is 7.94. The van der Waals surface area contributed by atoms with Gasteiger partial charge in [-0.3, -0.25) is 0 Å². The second kappa shape index (κ2) is 6.30. The average Bonchev–Trinajstić information content (AvgIpc) is 2.55. The van der Waals surface area contributed by atoms with Gasteiger partial charge in [-0.25, -0.2) is 5.01 Å². The van der Waals surface area contributed by atoms with Crippen LogP contribution in [0.15, 0.2) is 65.9 Å². The van der Waals surface area contributed by atoms with E-state index in [0.29, 0.717) is 11.8 Å². The molecule has 1 aliphatic rings. The minimum absolute atomic E-state index is 0.0418. The van der Waals surface area contributed by atoms with Crippen LogP contribution < -0.4 is 0 Å². The number of hydrogen-bond donors (Lipinski definition) is 0. The van der Waals surface area contributed by atoms with Gasteiger partial charge in [-0.1, -0.05) is 74.5 Å². The van der Waals surface area contributed by atoms with Crippen molar-refractivity contribution in [3.63, 3.8) is 0 Å². The predicted octanol–water partition coefficient (Wildman–Crippen LogP) is 5.13. The molecule has 3 nitrogen and oxygen atoms in total. The van der Waals surface area contributed by atoms with Crippen molar-refractivity contribution in [1.82, 2.24) is 5.01 Å². The summed E-state index contributed by atoms with van der Waals surface area (Å²) in [5.74, 6) is 0.796. The second-order valence-corrected chi connectivity index (χ2v) is 6.36. The molecule has 2 aromatic rings. The van der Waals surface area contributed by atoms with Crippen molar-refractivity contribution in [2.45, 2.75) is 32.4 Å². The highest BCUT2D eigenvalue weighted by Gasteiger charge is 2.41. The molecule has 114 valence electrons. The lowest BCUT2D eigenvalue weighted by molar-refractivity contribution is 0.00714.